The standard InChI is InChI=1S/C24H22F3N5O5S2/c1-14-4-6-16(18(8-14)24(25,26)27)12-32-19-7-5-15(9-17(19)11-28-32)10-20-22(34)31(23(35)38-20)13-21(33)29-39(36,37)30(2)3/h4-11H,12-13H2,1-3H3,(H,29,33)/b20-10-. The Labute approximate surface area is 225 Å². The van der Waals surface area contributed by atoms with Crippen molar-refractivity contribution in [1.82, 2.24) is 23.7 Å². The van der Waals surface area contributed by atoms with E-state index in [9.17, 15) is 36.0 Å². The van der Waals surface area contributed by atoms with Gasteiger partial charge >= 0.3 is 16.4 Å². The van der Waals surface area contributed by atoms with Crippen molar-refractivity contribution in [2.75, 3.05) is 20.6 Å². The largest absolute Gasteiger partial charge is 0.416 e. The molecule has 1 aliphatic rings. The summed E-state index contributed by atoms with van der Waals surface area (Å²) in [5, 5.41) is 4.07. The molecule has 15 heteroatoms. The number of alkyl halides is 3. The molecule has 10 nitrogen and oxygen atoms in total. The van der Waals surface area contributed by atoms with E-state index in [1.165, 1.54) is 37.1 Å². The molecule has 0 saturated carbocycles. The van der Waals surface area contributed by atoms with Crippen molar-refractivity contribution >= 4 is 56.0 Å². The van der Waals surface area contributed by atoms with Gasteiger partial charge in [-0.25, -0.2) is 4.72 Å². The van der Waals surface area contributed by atoms with Gasteiger partial charge in [0.1, 0.15) is 6.54 Å². The van der Waals surface area contributed by atoms with Crippen LogP contribution in [0.4, 0.5) is 18.0 Å². The normalized spacial score (nSPS) is 15.7. The van der Waals surface area contributed by atoms with Gasteiger partial charge in [0.15, 0.2) is 0 Å². The molecule has 1 saturated heterocycles. The number of amides is 3. The third-order valence-electron chi connectivity index (χ3n) is 5.75. The lowest BCUT2D eigenvalue weighted by atomic mass is 10.0. The van der Waals surface area contributed by atoms with E-state index in [0.717, 1.165) is 10.4 Å². The fourth-order valence-corrected chi connectivity index (χ4v) is 5.15. The van der Waals surface area contributed by atoms with Crippen LogP contribution in [0.1, 0.15) is 22.3 Å². The van der Waals surface area contributed by atoms with Gasteiger partial charge in [-0.05, 0) is 54.1 Å². The number of hydrogen-bond donors (Lipinski definition) is 1. The van der Waals surface area contributed by atoms with E-state index in [0.29, 0.717) is 38.7 Å². The fourth-order valence-electron chi connectivity index (χ4n) is 3.77. The Morgan fingerprint density at radius 2 is 1.87 bits per heavy atom. The molecule has 2 aromatic carbocycles. The predicted octanol–water partition coefficient (Wildman–Crippen LogP) is 3.37. The van der Waals surface area contributed by atoms with E-state index in [1.54, 1.807) is 35.9 Å². The second-order valence-corrected chi connectivity index (χ2v) is 11.7. The highest BCUT2D eigenvalue weighted by atomic mass is 32.2. The van der Waals surface area contributed by atoms with Crippen molar-refractivity contribution in [3.8, 4) is 0 Å². The Bertz CT molecular complexity index is 1630. The van der Waals surface area contributed by atoms with Crippen LogP contribution in [-0.2, 0) is 32.5 Å². The number of hydrogen-bond acceptors (Lipinski definition) is 7. The van der Waals surface area contributed by atoms with Crippen LogP contribution >= 0.6 is 11.8 Å². The quantitative estimate of drug-likeness (QED) is 0.425. The highest BCUT2D eigenvalue weighted by Gasteiger charge is 2.37. The average molecular weight is 582 g/mol. The molecular weight excluding hydrogens is 559 g/mol. The third-order valence-corrected chi connectivity index (χ3v) is 8.11. The van der Waals surface area contributed by atoms with Crippen molar-refractivity contribution in [3.63, 3.8) is 0 Å². The molecule has 1 N–H and O–H groups in total. The number of aryl methyl sites for hydroxylation is 1. The van der Waals surface area contributed by atoms with Crippen LogP contribution in [0.5, 0.6) is 0 Å². The van der Waals surface area contributed by atoms with Gasteiger partial charge in [0.05, 0.1) is 28.7 Å². The minimum absolute atomic E-state index is 0.0180. The molecule has 0 atom stereocenters. The van der Waals surface area contributed by atoms with Crippen LogP contribution in [0, 0.1) is 6.92 Å². The maximum atomic E-state index is 13.5. The molecule has 0 aliphatic carbocycles. The van der Waals surface area contributed by atoms with Crippen molar-refractivity contribution in [1.29, 1.82) is 0 Å². The number of nitrogens with one attached hydrogen (secondary N) is 1. The highest BCUT2D eigenvalue weighted by Crippen LogP contribution is 2.34. The van der Waals surface area contributed by atoms with E-state index in [-0.39, 0.29) is 17.0 Å². The summed E-state index contributed by atoms with van der Waals surface area (Å²) in [5.41, 5.74) is 0.903. The van der Waals surface area contributed by atoms with Gasteiger partial charge in [0.2, 0.25) is 0 Å². The van der Waals surface area contributed by atoms with Crippen molar-refractivity contribution < 1.29 is 36.0 Å². The number of nitrogens with zero attached hydrogens (tertiary/aromatic N) is 4. The van der Waals surface area contributed by atoms with Crippen LogP contribution < -0.4 is 4.72 Å². The first kappa shape index (κ1) is 28.3. The molecule has 39 heavy (non-hydrogen) atoms. The van der Waals surface area contributed by atoms with E-state index in [4.69, 9.17) is 0 Å². The summed E-state index contributed by atoms with van der Waals surface area (Å²) in [5.74, 6) is -1.82. The van der Waals surface area contributed by atoms with Gasteiger partial charge in [-0.3, -0.25) is 24.0 Å². The molecule has 3 amide bonds. The Balaban J connectivity index is 1.53. The lowest BCUT2D eigenvalue weighted by Gasteiger charge is -2.15. The predicted molar refractivity (Wildman–Crippen MR) is 138 cm³/mol. The van der Waals surface area contributed by atoms with Crippen LogP contribution in [0.2, 0.25) is 0 Å². The number of thioether (sulfide) groups is 1. The number of benzene rings is 2. The van der Waals surface area contributed by atoms with Crippen LogP contribution in [-0.4, -0.2) is 65.1 Å². The summed E-state index contributed by atoms with van der Waals surface area (Å²) in [6.45, 7) is 0.700. The molecule has 4 rings (SSSR count). The van der Waals surface area contributed by atoms with Gasteiger partial charge in [-0.2, -0.15) is 31.0 Å². The first-order valence-corrected chi connectivity index (χ1v) is 13.5. The Morgan fingerprint density at radius 1 is 1.15 bits per heavy atom. The minimum Gasteiger partial charge on any atom is -0.272 e. The summed E-state index contributed by atoms with van der Waals surface area (Å²) in [7, 11) is -1.67. The lowest BCUT2D eigenvalue weighted by Crippen LogP contribution is -2.45. The Hall–Kier alpha value is -3.69. The molecule has 0 bridgehead atoms. The minimum atomic E-state index is -4.51. The maximum Gasteiger partial charge on any atom is 0.416 e. The molecule has 0 spiro atoms. The van der Waals surface area contributed by atoms with Gasteiger partial charge in [-0.1, -0.05) is 23.8 Å². The summed E-state index contributed by atoms with van der Waals surface area (Å²) >= 11 is 0.592. The molecule has 1 fully saturated rings. The zero-order valence-corrected chi connectivity index (χ0v) is 22.4. The van der Waals surface area contributed by atoms with E-state index < -0.39 is 45.5 Å². The number of aromatic nitrogens is 2. The molecule has 0 radical (unpaired) electrons. The highest BCUT2D eigenvalue weighted by molar-refractivity contribution is 8.18. The van der Waals surface area contributed by atoms with E-state index in [2.05, 4.69) is 5.10 Å². The smallest absolute Gasteiger partial charge is 0.272 e. The summed E-state index contributed by atoms with van der Waals surface area (Å²) in [6, 6.07) is 9.03. The van der Waals surface area contributed by atoms with Crippen LogP contribution in [0.25, 0.3) is 17.0 Å². The summed E-state index contributed by atoms with van der Waals surface area (Å²) in [4.78, 5) is 37.8. The molecule has 3 aromatic rings. The van der Waals surface area contributed by atoms with Crippen LogP contribution in [0.15, 0.2) is 47.5 Å². The average Bonchev–Trinajstić information content (AvgIpc) is 3.34. The Morgan fingerprint density at radius 3 is 2.54 bits per heavy atom. The van der Waals surface area contributed by atoms with Gasteiger partial charge < -0.3 is 0 Å². The third kappa shape index (κ3) is 6.15. The fraction of sp³-hybridized carbons (Fsp3) is 0.250. The number of rotatable bonds is 7. The van der Waals surface area contributed by atoms with E-state index >= 15 is 0 Å². The SMILES string of the molecule is Cc1ccc(Cn2ncc3cc(/C=C4\SC(=O)N(CC(=O)NS(=O)(=O)N(C)C)C4=O)ccc32)c(C(F)(F)F)c1. The maximum absolute atomic E-state index is 13.5. The van der Waals surface area contributed by atoms with Crippen molar-refractivity contribution in [3.05, 3.63) is 69.8 Å². The lowest BCUT2D eigenvalue weighted by molar-refractivity contribution is -0.138. The zero-order chi connectivity index (χ0) is 28.7. The number of carbonyl (C=O) groups excluding carboxylic acids is 3. The molecule has 1 aliphatic heterocycles. The van der Waals surface area contributed by atoms with Crippen molar-refractivity contribution in [2.45, 2.75) is 19.6 Å². The number of carbonyl (C=O) groups is 3. The topological polar surface area (TPSA) is 122 Å². The number of imide groups is 1. The van der Waals surface area contributed by atoms with Crippen LogP contribution in [0.3, 0.4) is 0 Å². The van der Waals surface area contributed by atoms with Gasteiger partial charge in [0.25, 0.3) is 17.1 Å². The number of fused-ring (bicyclic) bond motifs is 1. The first-order valence-electron chi connectivity index (χ1n) is 11.3. The molecule has 0 unspecified atom stereocenters. The van der Waals surface area contributed by atoms with Crippen molar-refractivity contribution in [2.24, 2.45) is 0 Å². The molecule has 2 heterocycles. The molecular formula is C24H22F3N5O5S2. The Kier molecular flexibility index (Phi) is 7.60. The first-order chi connectivity index (χ1) is 18.2. The monoisotopic (exact) mass is 581 g/mol. The van der Waals surface area contributed by atoms with Gasteiger partial charge in [-0.15, -0.1) is 0 Å². The molecule has 1 aromatic heterocycles. The number of halogens is 3. The van der Waals surface area contributed by atoms with E-state index in [1.807, 2.05) is 0 Å². The molecule has 206 valence electrons. The van der Waals surface area contributed by atoms with Gasteiger partial charge in [0, 0.05) is 19.5 Å². The summed E-state index contributed by atoms with van der Waals surface area (Å²) < 4.78 is 68.2. The summed E-state index contributed by atoms with van der Waals surface area (Å²) in [6.07, 6.45) is -1.60. The second kappa shape index (κ2) is 10.5. The second-order valence-electron chi connectivity index (χ2n) is 8.86. The zero-order valence-electron chi connectivity index (χ0n) is 20.8.